The molecule has 4 aromatic rings. The van der Waals surface area contributed by atoms with Gasteiger partial charge in [0.25, 0.3) is 5.69 Å². The Labute approximate surface area is 154 Å². The highest BCUT2D eigenvalue weighted by Gasteiger charge is 2.12. The Morgan fingerprint density at radius 3 is 2.52 bits per heavy atom. The molecule has 7 heteroatoms. The van der Waals surface area contributed by atoms with Crippen molar-refractivity contribution in [1.82, 2.24) is 15.0 Å². The molecule has 27 heavy (non-hydrogen) atoms. The highest BCUT2D eigenvalue weighted by Crippen LogP contribution is 2.24. The summed E-state index contributed by atoms with van der Waals surface area (Å²) < 4.78 is 6.02. The van der Waals surface area contributed by atoms with E-state index < -0.39 is 4.92 Å². The lowest BCUT2D eigenvalue weighted by molar-refractivity contribution is -0.384. The third-order valence-corrected chi connectivity index (χ3v) is 3.86. The Kier molecular flexibility index (Phi) is 4.32. The molecule has 0 aliphatic carbocycles. The van der Waals surface area contributed by atoms with Crippen LogP contribution in [0.15, 0.2) is 72.9 Å². The maximum atomic E-state index is 10.8. The molecule has 0 radical (unpaired) electrons. The van der Waals surface area contributed by atoms with Gasteiger partial charge >= 0.3 is 0 Å². The van der Waals surface area contributed by atoms with Crippen molar-refractivity contribution in [3.63, 3.8) is 0 Å². The van der Waals surface area contributed by atoms with Crippen molar-refractivity contribution in [2.45, 2.75) is 0 Å². The average Bonchev–Trinajstić information content (AvgIpc) is 3.13. The third kappa shape index (κ3) is 3.67. The van der Waals surface area contributed by atoms with Crippen LogP contribution in [0.4, 0.5) is 5.69 Å². The highest BCUT2D eigenvalue weighted by atomic mass is 16.6. The van der Waals surface area contributed by atoms with Gasteiger partial charge in [-0.2, -0.15) is 0 Å². The Morgan fingerprint density at radius 1 is 1.04 bits per heavy atom. The summed E-state index contributed by atoms with van der Waals surface area (Å²) in [5.74, 6) is 1.65. The van der Waals surface area contributed by atoms with Crippen LogP contribution in [-0.2, 0) is 0 Å². The van der Waals surface area contributed by atoms with Crippen LogP contribution in [0.1, 0.15) is 11.4 Å². The lowest BCUT2D eigenvalue weighted by atomic mass is 10.2. The number of fused-ring (bicyclic) bond motifs is 1. The van der Waals surface area contributed by atoms with E-state index in [1.54, 1.807) is 24.4 Å². The lowest BCUT2D eigenvalue weighted by Gasteiger charge is -2.08. The Morgan fingerprint density at radius 2 is 1.81 bits per heavy atom. The monoisotopic (exact) mass is 358 g/mol. The second kappa shape index (κ2) is 7.09. The quantitative estimate of drug-likeness (QED) is 0.323. The van der Waals surface area contributed by atoms with Crippen molar-refractivity contribution < 1.29 is 9.66 Å². The molecule has 2 heterocycles. The number of nitro benzene ring substituents is 1. The number of rotatable bonds is 5. The van der Waals surface area contributed by atoms with Crippen molar-refractivity contribution in [3.8, 4) is 5.75 Å². The number of imidazole rings is 1. The van der Waals surface area contributed by atoms with Gasteiger partial charge in [0, 0.05) is 18.3 Å². The van der Waals surface area contributed by atoms with E-state index in [4.69, 9.17) is 4.74 Å². The minimum Gasteiger partial charge on any atom is -0.453 e. The summed E-state index contributed by atoms with van der Waals surface area (Å²) >= 11 is 0. The summed E-state index contributed by atoms with van der Waals surface area (Å²) in [5, 5.41) is 10.8. The van der Waals surface area contributed by atoms with Gasteiger partial charge in [-0.05, 0) is 48.0 Å². The standard InChI is InChI=1S/C20H14N4O3/c25-24(26)15-10-8-14(9-11-15)13-18(27-16-5-2-1-3-6-16)20-22-17-7-4-12-21-19(17)23-20/h1-13H,(H,21,22,23)/b18-13+. The number of hydrogen-bond donors (Lipinski definition) is 1. The number of aromatic amines is 1. The molecule has 2 aromatic carbocycles. The molecular weight excluding hydrogens is 344 g/mol. The number of aromatic nitrogens is 3. The summed E-state index contributed by atoms with van der Waals surface area (Å²) in [6, 6.07) is 19.2. The summed E-state index contributed by atoms with van der Waals surface area (Å²) in [6.07, 6.45) is 3.44. The van der Waals surface area contributed by atoms with Crippen LogP contribution in [0.3, 0.4) is 0 Å². The largest absolute Gasteiger partial charge is 0.453 e. The van der Waals surface area contributed by atoms with Crippen molar-refractivity contribution in [2.24, 2.45) is 0 Å². The van der Waals surface area contributed by atoms with Gasteiger partial charge in [-0.25, -0.2) is 9.97 Å². The molecule has 0 saturated carbocycles. The fourth-order valence-corrected chi connectivity index (χ4v) is 2.57. The predicted molar refractivity (Wildman–Crippen MR) is 102 cm³/mol. The summed E-state index contributed by atoms with van der Waals surface area (Å²) in [6.45, 7) is 0. The first kappa shape index (κ1) is 16.5. The third-order valence-electron chi connectivity index (χ3n) is 3.86. The first-order valence-electron chi connectivity index (χ1n) is 8.19. The molecule has 4 rings (SSSR count). The zero-order valence-electron chi connectivity index (χ0n) is 14.1. The fourth-order valence-electron chi connectivity index (χ4n) is 2.57. The van der Waals surface area contributed by atoms with Gasteiger partial charge in [-0.15, -0.1) is 0 Å². The fraction of sp³-hybridized carbons (Fsp3) is 0. The second-order valence-electron chi connectivity index (χ2n) is 5.73. The van der Waals surface area contributed by atoms with E-state index in [1.165, 1.54) is 12.1 Å². The van der Waals surface area contributed by atoms with Crippen molar-refractivity contribution in [2.75, 3.05) is 0 Å². The van der Waals surface area contributed by atoms with Gasteiger partial charge in [-0.1, -0.05) is 18.2 Å². The number of benzene rings is 2. The van der Waals surface area contributed by atoms with Crippen LogP contribution < -0.4 is 4.74 Å². The second-order valence-corrected chi connectivity index (χ2v) is 5.73. The number of nitro groups is 1. The lowest BCUT2D eigenvalue weighted by Crippen LogP contribution is -1.97. The van der Waals surface area contributed by atoms with Gasteiger partial charge in [-0.3, -0.25) is 10.1 Å². The molecule has 0 saturated heterocycles. The molecule has 1 N–H and O–H groups in total. The van der Waals surface area contributed by atoms with Crippen molar-refractivity contribution in [1.29, 1.82) is 0 Å². The van der Waals surface area contributed by atoms with E-state index >= 15 is 0 Å². The zero-order chi connectivity index (χ0) is 18.6. The number of nitrogens with one attached hydrogen (secondary N) is 1. The highest BCUT2D eigenvalue weighted by molar-refractivity contribution is 5.80. The number of para-hydroxylation sites is 1. The number of non-ortho nitro benzene ring substituents is 1. The molecule has 0 spiro atoms. The van der Waals surface area contributed by atoms with E-state index in [1.807, 2.05) is 42.5 Å². The Balaban J connectivity index is 1.76. The SMILES string of the molecule is O=[N+]([O-])c1ccc(/C=C(/Oc2ccccc2)c2nc3ncccc3[nH]2)cc1. The summed E-state index contributed by atoms with van der Waals surface area (Å²) in [5.41, 5.74) is 2.16. The van der Waals surface area contributed by atoms with Crippen molar-refractivity contribution >= 4 is 28.7 Å². The van der Waals surface area contributed by atoms with E-state index in [0.29, 0.717) is 23.0 Å². The maximum absolute atomic E-state index is 10.8. The maximum Gasteiger partial charge on any atom is 0.269 e. The molecular formula is C20H14N4O3. The van der Waals surface area contributed by atoms with Gasteiger partial charge in [0.1, 0.15) is 5.75 Å². The van der Waals surface area contributed by atoms with E-state index in [9.17, 15) is 10.1 Å². The molecule has 0 bridgehead atoms. The van der Waals surface area contributed by atoms with Gasteiger partial charge in [0.05, 0.1) is 10.4 Å². The predicted octanol–water partition coefficient (Wildman–Crippen LogP) is 4.44. The topological polar surface area (TPSA) is 93.9 Å². The molecule has 0 aliphatic heterocycles. The minimum atomic E-state index is -0.431. The Hall–Kier alpha value is -4.00. The Bertz CT molecular complexity index is 1090. The van der Waals surface area contributed by atoms with Gasteiger partial charge in [0.2, 0.25) is 0 Å². The molecule has 0 unspecified atom stereocenters. The molecule has 2 aromatic heterocycles. The van der Waals surface area contributed by atoms with Gasteiger partial charge in [0.15, 0.2) is 17.2 Å². The molecule has 0 aliphatic rings. The number of ether oxygens (including phenoxy) is 1. The normalized spacial score (nSPS) is 11.5. The first-order chi connectivity index (χ1) is 13.2. The van der Waals surface area contributed by atoms with Crippen molar-refractivity contribution in [3.05, 3.63) is 94.4 Å². The van der Waals surface area contributed by atoms with Crippen LogP contribution in [0.2, 0.25) is 0 Å². The van der Waals surface area contributed by atoms with E-state index in [-0.39, 0.29) is 5.69 Å². The van der Waals surface area contributed by atoms with Gasteiger partial charge < -0.3 is 9.72 Å². The van der Waals surface area contributed by atoms with Crippen LogP contribution in [0.5, 0.6) is 5.75 Å². The number of hydrogen-bond acceptors (Lipinski definition) is 5. The summed E-state index contributed by atoms with van der Waals surface area (Å²) in [4.78, 5) is 22.3. The molecule has 132 valence electrons. The molecule has 0 fully saturated rings. The van der Waals surface area contributed by atoms with E-state index in [0.717, 1.165) is 11.1 Å². The molecule has 7 nitrogen and oxygen atoms in total. The molecule has 0 amide bonds. The summed E-state index contributed by atoms with van der Waals surface area (Å²) in [7, 11) is 0. The average molecular weight is 358 g/mol. The van der Waals surface area contributed by atoms with E-state index in [2.05, 4.69) is 15.0 Å². The zero-order valence-corrected chi connectivity index (χ0v) is 14.1. The minimum absolute atomic E-state index is 0.0330. The smallest absolute Gasteiger partial charge is 0.269 e. The van der Waals surface area contributed by atoms with Crippen LogP contribution >= 0.6 is 0 Å². The molecule has 0 atom stereocenters. The van der Waals surface area contributed by atoms with Crippen LogP contribution in [-0.4, -0.2) is 19.9 Å². The number of pyridine rings is 1. The van der Waals surface area contributed by atoms with Crippen LogP contribution in [0.25, 0.3) is 23.0 Å². The first-order valence-corrected chi connectivity index (χ1v) is 8.19. The number of H-pyrrole nitrogens is 1. The van der Waals surface area contributed by atoms with Crippen LogP contribution in [0, 0.1) is 10.1 Å². The number of nitrogens with zero attached hydrogens (tertiary/aromatic N) is 3.